The molecule has 0 aliphatic carbocycles. The average molecular weight is 146 g/mol. The molecule has 0 aliphatic rings. The second-order valence-electron chi connectivity index (χ2n) is 0.943. The monoisotopic (exact) mass is 146 g/mol. The van der Waals surface area contributed by atoms with Gasteiger partial charge in [-0.15, -0.1) is 0 Å². The number of nitrogens with two attached hydrogens (primary N) is 2. The van der Waals surface area contributed by atoms with E-state index in [1.165, 1.54) is 0 Å². The summed E-state index contributed by atoms with van der Waals surface area (Å²) in [5.41, 5.74) is 10.1. The lowest BCUT2D eigenvalue weighted by molar-refractivity contribution is 1.20. The molecule has 0 aromatic carbocycles. The molecule has 0 aliphatic heterocycles. The van der Waals surface area contributed by atoms with E-state index in [-0.39, 0.29) is 0 Å². The standard InChI is InChI=1S/C4H10N2.2C2H6/c5-3-1-2-4-6;2*1-2/h1-2H,3-6H2;2*1-2H3/b2-1+;;. The van der Waals surface area contributed by atoms with E-state index in [9.17, 15) is 0 Å². The third-order valence-electron chi connectivity index (χ3n) is 0.439. The first-order valence-corrected chi connectivity index (χ1v) is 3.97. The maximum Gasteiger partial charge on any atom is 0.0107 e. The molecule has 64 valence electrons. The summed E-state index contributed by atoms with van der Waals surface area (Å²) in [5, 5.41) is 0. The van der Waals surface area contributed by atoms with E-state index in [4.69, 9.17) is 11.5 Å². The molecule has 0 saturated carbocycles. The largest absolute Gasteiger partial charge is 0.327 e. The van der Waals surface area contributed by atoms with Crippen molar-refractivity contribution in [3.05, 3.63) is 12.2 Å². The maximum atomic E-state index is 5.07. The highest BCUT2D eigenvalue weighted by atomic mass is 14.5. The molecule has 0 heterocycles. The first-order valence-electron chi connectivity index (χ1n) is 3.97. The SMILES string of the molecule is CC.CC.NC/C=C/CN. The fourth-order valence-corrected chi connectivity index (χ4v) is 0.192. The predicted molar refractivity (Wildman–Crippen MR) is 49.9 cm³/mol. The number of rotatable bonds is 2. The van der Waals surface area contributed by atoms with Crippen molar-refractivity contribution in [2.75, 3.05) is 13.1 Å². The van der Waals surface area contributed by atoms with E-state index in [2.05, 4.69) is 0 Å². The van der Waals surface area contributed by atoms with Crippen LogP contribution in [0.5, 0.6) is 0 Å². The Bertz CT molecular complexity index is 36.5. The van der Waals surface area contributed by atoms with E-state index in [0.717, 1.165) is 0 Å². The van der Waals surface area contributed by atoms with Crippen molar-refractivity contribution < 1.29 is 0 Å². The third kappa shape index (κ3) is 48.0. The van der Waals surface area contributed by atoms with Crippen LogP contribution in [0.3, 0.4) is 0 Å². The molecule has 0 fully saturated rings. The van der Waals surface area contributed by atoms with Gasteiger partial charge in [0.05, 0.1) is 0 Å². The third-order valence-corrected chi connectivity index (χ3v) is 0.439. The van der Waals surface area contributed by atoms with Crippen LogP contribution in [0.2, 0.25) is 0 Å². The lowest BCUT2D eigenvalue weighted by Gasteiger charge is -1.74. The molecule has 10 heavy (non-hydrogen) atoms. The zero-order valence-electron chi connectivity index (χ0n) is 7.72. The Morgan fingerprint density at radius 3 is 1.10 bits per heavy atom. The van der Waals surface area contributed by atoms with Crippen molar-refractivity contribution in [3.63, 3.8) is 0 Å². The van der Waals surface area contributed by atoms with Crippen LogP contribution in [-0.4, -0.2) is 13.1 Å². The average Bonchev–Trinajstić information content (AvgIpc) is 2.08. The number of hydrogen-bond donors (Lipinski definition) is 2. The van der Waals surface area contributed by atoms with E-state index >= 15 is 0 Å². The van der Waals surface area contributed by atoms with Crippen LogP contribution >= 0.6 is 0 Å². The molecule has 0 unspecified atom stereocenters. The van der Waals surface area contributed by atoms with Gasteiger partial charge in [-0.25, -0.2) is 0 Å². The summed E-state index contributed by atoms with van der Waals surface area (Å²) in [5.74, 6) is 0. The van der Waals surface area contributed by atoms with Gasteiger partial charge >= 0.3 is 0 Å². The molecule has 0 atom stereocenters. The van der Waals surface area contributed by atoms with Gasteiger partial charge in [-0.3, -0.25) is 0 Å². The van der Waals surface area contributed by atoms with Crippen molar-refractivity contribution in [1.29, 1.82) is 0 Å². The molecule has 0 aromatic rings. The first kappa shape index (κ1) is 16.3. The highest BCUT2D eigenvalue weighted by molar-refractivity contribution is 4.82. The van der Waals surface area contributed by atoms with Crippen molar-refractivity contribution in [2.24, 2.45) is 11.5 Å². The molecular weight excluding hydrogens is 124 g/mol. The number of hydrogen-bond acceptors (Lipinski definition) is 2. The van der Waals surface area contributed by atoms with Gasteiger partial charge in [0.25, 0.3) is 0 Å². The fourth-order valence-electron chi connectivity index (χ4n) is 0.192. The summed E-state index contributed by atoms with van der Waals surface area (Å²) in [6, 6.07) is 0. The van der Waals surface area contributed by atoms with Crippen molar-refractivity contribution in [2.45, 2.75) is 27.7 Å². The van der Waals surface area contributed by atoms with Crippen LogP contribution in [0.25, 0.3) is 0 Å². The van der Waals surface area contributed by atoms with Crippen LogP contribution in [0.1, 0.15) is 27.7 Å². The molecule has 2 heteroatoms. The zero-order valence-corrected chi connectivity index (χ0v) is 7.72. The molecule has 4 N–H and O–H groups in total. The second kappa shape index (κ2) is 37.9. The van der Waals surface area contributed by atoms with Gasteiger partial charge in [0.15, 0.2) is 0 Å². The summed E-state index contributed by atoms with van der Waals surface area (Å²) in [7, 11) is 0. The highest BCUT2D eigenvalue weighted by Crippen LogP contribution is 1.58. The fraction of sp³-hybridized carbons (Fsp3) is 0.750. The molecule has 0 bridgehead atoms. The van der Waals surface area contributed by atoms with Gasteiger partial charge in [0, 0.05) is 13.1 Å². The van der Waals surface area contributed by atoms with E-state index in [1.54, 1.807) is 0 Å². The summed E-state index contributed by atoms with van der Waals surface area (Å²) in [6.07, 6.45) is 3.67. The van der Waals surface area contributed by atoms with Gasteiger partial charge in [-0.05, 0) is 0 Å². The van der Waals surface area contributed by atoms with Gasteiger partial charge < -0.3 is 11.5 Å². The van der Waals surface area contributed by atoms with Crippen molar-refractivity contribution in [3.8, 4) is 0 Å². The first-order chi connectivity index (χ1) is 4.91. The maximum absolute atomic E-state index is 5.07. The molecule has 0 spiro atoms. The lowest BCUT2D eigenvalue weighted by atomic mass is 10.5. The van der Waals surface area contributed by atoms with Crippen LogP contribution in [0, 0.1) is 0 Å². The minimum absolute atomic E-state index is 0.594. The Labute approximate surface area is 65.3 Å². The zero-order chi connectivity index (χ0) is 8.83. The Morgan fingerprint density at radius 1 is 0.800 bits per heavy atom. The highest BCUT2D eigenvalue weighted by Gasteiger charge is 1.59. The van der Waals surface area contributed by atoms with Gasteiger partial charge in [-0.1, -0.05) is 39.8 Å². The molecule has 0 radical (unpaired) electrons. The molecule has 0 amide bonds. The van der Waals surface area contributed by atoms with Gasteiger partial charge in [-0.2, -0.15) is 0 Å². The smallest absolute Gasteiger partial charge is 0.0107 e. The Balaban J connectivity index is -0.000000105. The second-order valence-corrected chi connectivity index (χ2v) is 0.943. The molecule has 0 saturated heterocycles. The van der Waals surface area contributed by atoms with Gasteiger partial charge in [0.2, 0.25) is 0 Å². The summed E-state index contributed by atoms with van der Waals surface area (Å²) < 4.78 is 0. The summed E-state index contributed by atoms with van der Waals surface area (Å²) >= 11 is 0. The van der Waals surface area contributed by atoms with Crippen LogP contribution in [0.4, 0.5) is 0 Å². The Kier molecular flexibility index (Phi) is 62.0. The van der Waals surface area contributed by atoms with E-state index in [1.807, 2.05) is 39.8 Å². The van der Waals surface area contributed by atoms with Crippen LogP contribution < -0.4 is 11.5 Å². The van der Waals surface area contributed by atoms with Crippen LogP contribution in [0.15, 0.2) is 12.2 Å². The van der Waals surface area contributed by atoms with E-state index < -0.39 is 0 Å². The molecule has 0 aromatic heterocycles. The van der Waals surface area contributed by atoms with Crippen molar-refractivity contribution in [1.82, 2.24) is 0 Å². The molecule has 2 nitrogen and oxygen atoms in total. The Morgan fingerprint density at radius 2 is 1.00 bits per heavy atom. The minimum atomic E-state index is 0.594. The van der Waals surface area contributed by atoms with Gasteiger partial charge in [0.1, 0.15) is 0 Å². The summed E-state index contributed by atoms with van der Waals surface area (Å²) in [4.78, 5) is 0. The lowest BCUT2D eigenvalue weighted by Crippen LogP contribution is -1.97. The van der Waals surface area contributed by atoms with Crippen LogP contribution in [-0.2, 0) is 0 Å². The minimum Gasteiger partial charge on any atom is -0.327 e. The molecular formula is C8H22N2. The Hall–Kier alpha value is -0.340. The topological polar surface area (TPSA) is 52.0 Å². The van der Waals surface area contributed by atoms with E-state index in [0.29, 0.717) is 13.1 Å². The molecule has 0 rings (SSSR count). The normalized spacial score (nSPS) is 7.40. The predicted octanol–water partition coefficient (Wildman–Crippen LogP) is 1.51. The van der Waals surface area contributed by atoms with Crippen molar-refractivity contribution >= 4 is 0 Å². The quantitative estimate of drug-likeness (QED) is 0.580. The summed E-state index contributed by atoms with van der Waals surface area (Å²) in [6.45, 7) is 9.19.